The van der Waals surface area contributed by atoms with Crippen molar-refractivity contribution in [2.24, 2.45) is 0 Å². The number of aryl methyl sites for hydroxylation is 1. The number of nitrogens with zero attached hydrogens (tertiary/aromatic N) is 5. The summed E-state index contributed by atoms with van der Waals surface area (Å²) in [7, 11) is 1.61. The number of pyridine rings is 1. The molecule has 1 aliphatic heterocycles. The summed E-state index contributed by atoms with van der Waals surface area (Å²) in [5, 5.41) is 15.5. The van der Waals surface area contributed by atoms with Crippen molar-refractivity contribution in [3.8, 4) is 17.1 Å². The quantitative estimate of drug-likeness (QED) is 0.606. The van der Waals surface area contributed by atoms with E-state index in [-0.39, 0.29) is 12.0 Å². The van der Waals surface area contributed by atoms with Gasteiger partial charge in [-0.05, 0) is 42.0 Å². The third kappa shape index (κ3) is 5.41. The summed E-state index contributed by atoms with van der Waals surface area (Å²) in [5.74, 6) is 0.874. The molecule has 0 spiro atoms. The van der Waals surface area contributed by atoms with Crippen LogP contribution in [0.15, 0.2) is 36.4 Å². The van der Waals surface area contributed by atoms with E-state index in [4.69, 9.17) is 14.2 Å². The maximum absolute atomic E-state index is 12.7. The van der Waals surface area contributed by atoms with Gasteiger partial charge in [-0.1, -0.05) is 12.1 Å². The van der Waals surface area contributed by atoms with Crippen LogP contribution < -0.4 is 10.1 Å². The van der Waals surface area contributed by atoms with Crippen LogP contribution in [0.3, 0.4) is 0 Å². The molecular formula is C21H24N6O4. The minimum Gasteiger partial charge on any atom is -0.497 e. The topological polar surface area (TPSA) is 113 Å². The minimum absolute atomic E-state index is 0.104. The molecule has 10 nitrogen and oxygen atoms in total. The van der Waals surface area contributed by atoms with Crippen LogP contribution in [0.25, 0.3) is 11.4 Å². The Labute approximate surface area is 179 Å². The Hall–Kier alpha value is -3.37. The highest BCUT2D eigenvalue weighted by atomic mass is 16.6. The first-order chi connectivity index (χ1) is 15.1. The summed E-state index contributed by atoms with van der Waals surface area (Å²) in [6.45, 7) is 4.29. The fourth-order valence-electron chi connectivity index (χ4n) is 3.23. The third-order valence-electron chi connectivity index (χ3n) is 4.74. The summed E-state index contributed by atoms with van der Waals surface area (Å²) in [6, 6.07) is 11.0. The van der Waals surface area contributed by atoms with Gasteiger partial charge in [0.25, 0.3) is 5.91 Å². The molecule has 31 heavy (non-hydrogen) atoms. The molecule has 1 saturated heterocycles. The van der Waals surface area contributed by atoms with E-state index in [0.717, 1.165) is 11.3 Å². The fourth-order valence-corrected chi connectivity index (χ4v) is 3.23. The molecule has 1 aromatic carbocycles. The molecule has 0 saturated carbocycles. The van der Waals surface area contributed by atoms with Gasteiger partial charge in [-0.2, -0.15) is 4.80 Å². The number of carbonyl (C=O) groups is 1. The first-order valence-electron chi connectivity index (χ1n) is 9.98. The molecular weight excluding hydrogens is 400 g/mol. The molecule has 4 rings (SSSR count). The van der Waals surface area contributed by atoms with E-state index >= 15 is 0 Å². The number of hydrogen-bond acceptors (Lipinski definition) is 8. The van der Waals surface area contributed by atoms with Crippen LogP contribution in [-0.4, -0.2) is 64.1 Å². The lowest BCUT2D eigenvalue weighted by molar-refractivity contribution is -0.0959. The van der Waals surface area contributed by atoms with Gasteiger partial charge in [-0.25, -0.2) is 4.98 Å². The molecule has 1 amide bonds. The molecule has 10 heteroatoms. The smallest absolute Gasteiger partial charge is 0.270 e. The number of benzene rings is 1. The van der Waals surface area contributed by atoms with Gasteiger partial charge in [0.15, 0.2) is 0 Å². The van der Waals surface area contributed by atoms with Crippen LogP contribution in [0, 0.1) is 6.92 Å². The van der Waals surface area contributed by atoms with Gasteiger partial charge >= 0.3 is 0 Å². The molecule has 0 radical (unpaired) electrons. The normalized spacial score (nSPS) is 16.1. The second-order valence-electron chi connectivity index (χ2n) is 7.15. The summed E-state index contributed by atoms with van der Waals surface area (Å²) in [5.41, 5.74) is 2.58. The van der Waals surface area contributed by atoms with Crippen molar-refractivity contribution in [2.45, 2.75) is 26.1 Å². The van der Waals surface area contributed by atoms with Crippen molar-refractivity contribution in [3.05, 3.63) is 53.3 Å². The summed E-state index contributed by atoms with van der Waals surface area (Å²) < 4.78 is 16.2. The van der Waals surface area contributed by atoms with Crippen LogP contribution in [0.5, 0.6) is 5.75 Å². The zero-order valence-electron chi connectivity index (χ0n) is 17.4. The van der Waals surface area contributed by atoms with Gasteiger partial charge in [-0.3, -0.25) is 4.79 Å². The number of methoxy groups -OCH3 is 1. The van der Waals surface area contributed by atoms with Crippen molar-refractivity contribution in [2.75, 3.05) is 26.9 Å². The van der Waals surface area contributed by atoms with Crippen LogP contribution in [-0.2, 0) is 22.6 Å². The fraction of sp³-hybridized carbons (Fsp3) is 0.381. The number of tetrazole rings is 1. The van der Waals surface area contributed by atoms with Gasteiger partial charge in [0.05, 0.1) is 33.5 Å². The molecule has 0 aliphatic carbocycles. The van der Waals surface area contributed by atoms with Crippen LogP contribution in [0.4, 0.5) is 0 Å². The lowest BCUT2D eigenvalue weighted by atomic mass is 10.1. The van der Waals surface area contributed by atoms with Crippen molar-refractivity contribution in [1.29, 1.82) is 0 Å². The molecule has 3 aromatic rings. The van der Waals surface area contributed by atoms with Crippen molar-refractivity contribution < 1.29 is 19.0 Å². The maximum atomic E-state index is 12.7. The molecule has 1 atom stereocenters. The van der Waals surface area contributed by atoms with E-state index in [2.05, 4.69) is 25.7 Å². The molecule has 0 bridgehead atoms. The van der Waals surface area contributed by atoms with E-state index in [9.17, 15) is 4.79 Å². The molecule has 162 valence electrons. The largest absolute Gasteiger partial charge is 0.497 e. The van der Waals surface area contributed by atoms with Crippen molar-refractivity contribution in [3.63, 3.8) is 0 Å². The Balaban J connectivity index is 1.44. The number of aromatic nitrogens is 5. The lowest BCUT2D eigenvalue weighted by Gasteiger charge is -2.21. The SMILES string of the molecule is COc1cccc(CNC(=O)c2cc(-c3nnn(CC4COCCO4)n3)cc(C)n2)c1. The third-order valence-corrected chi connectivity index (χ3v) is 4.74. The standard InChI is InChI=1S/C21H24N6O4/c1-14-8-16(20-24-26-27(25-20)12-18-13-30-6-7-31-18)10-19(23-14)21(28)22-11-15-4-3-5-17(9-15)29-2/h3-5,8-10,18H,6-7,11-13H2,1-2H3,(H,22,28). The zero-order valence-corrected chi connectivity index (χ0v) is 17.4. The summed E-state index contributed by atoms with van der Waals surface area (Å²) in [4.78, 5) is 18.5. The molecule has 1 fully saturated rings. The Morgan fingerprint density at radius 3 is 3.00 bits per heavy atom. The van der Waals surface area contributed by atoms with Gasteiger partial charge in [0, 0.05) is 17.8 Å². The average Bonchev–Trinajstić information content (AvgIpc) is 3.26. The van der Waals surface area contributed by atoms with Crippen LogP contribution in [0.2, 0.25) is 0 Å². The molecule has 1 aliphatic rings. The number of ether oxygens (including phenoxy) is 3. The summed E-state index contributed by atoms with van der Waals surface area (Å²) >= 11 is 0. The second-order valence-corrected chi connectivity index (χ2v) is 7.15. The highest BCUT2D eigenvalue weighted by molar-refractivity contribution is 5.93. The van der Waals surface area contributed by atoms with Gasteiger partial charge in [0.1, 0.15) is 17.5 Å². The monoisotopic (exact) mass is 424 g/mol. The number of hydrogen-bond donors (Lipinski definition) is 1. The lowest BCUT2D eigenvalue weighted by Crippen LogP contribution is -2.32. The summed E-state index contributed by atoms with van der Waals surface area (Å²) in [6.07, 6.45) is -0.104. The van der Waals surface area contributed by atoms with Crippen molar-refractivity contribution >= 4 is 5.91 Å². The predicted octanol–water partition coefficient (Wildman–Crippen LogP) is 1.40. The van der Waals surface area contributed by atoms with Crippen LogP contribution in [0.1, 0.15) is 21.7 Å². The van der Waals surface area contributed by atoms with Gasteiger partial charge < -0.3 is 19.5 Å². The maximum Gasteiger partial charge on any atom is 0.270 e. The average molecular weight is 424 g/mol. The Morgan fingerprint density at radius 1 is 1.29 bits per heavy atom. The van der Waals surface area contributed by atoms with E-state index in [1.54, 1.807) is 13.2 Å². The first-order valence-corrected chi connectivity index (χ1v) is 9.98. The highest BCUT2D eigenvalue weighted by Gasteiger charge is 2.18. The number of nitrogens with one attached hydrogen (secondary N) is 1. The van der Waals surface area contributed by atoms with Crippen LogP contribution >= 0.6 is 0 Å². The predicted molar refractivity (Wildman–Crippen MR) is 111 cm³/mol. The Morgan fingerprint density at radius 2 is 2.19 bits per heavy atom. The van der Waals surface area contributed by atoms with E-state index < -0.39 is 0 Å². The van der Waals surface area contributed by atoms with Gasteiger partial charge in [0.2, 0.25) is 5.82 Å². The van der Waals surface area contributed by atoms with E-state index in [0.29, 0.717) is 55.7 Å². The molecule has 1 N–H and O–H groups in total. The van der Waals surface area contributed by atoms with E-state index in [1.807, 2.05) is 37.3 Å². The molecule has 1 unspecified atom stereocenters. The number of amides is 1. The Kier molecular flexibility index (Phi) is 6.48. The highest BCUT2D eigenvalue weighted by Crippen LogP contribution is 2.17. The molecule has 2 aromatic heterocycles. The van der Waals surface area contributed by atoms with Crippen molar-refractivity contribution in [1.82, 2.24) is 30.5 Å². The van der Waals surface area contributed by atoms with E-state index in [1.165, 1.54) is 4.80 Å². The number of carbonyl (C=O) groups excluding carboxylic acids is 1. The first kappa shape index (κ1) is 20.9. The Bertz CT molecular complexity index is 1050. The second kappa shape index (κ2) is 9.63. The zero-order chi connectivity index (χ0) is 21.6. The minimum atomic E-state index is -0.284. The number of rotatable bonds is 7. The van der Waals surface area contributed by atoms with Gasteiger partial charge in [-0.15, -0.1) is 10.2 Å². The molecule has 3 heterocycles.